The Morgan fingerprint density at radius 1 is 1.24 bits per heavy atom. The number of nitrogens with two attached hydrogens (primary N) is 1. The molecule has 21 heavy (non-hydrogen) atoms. The largest absolute Gasteiger partial charge is 0.493 e. The third-order valence-corrected chi connectivity index (χ3v) is 4.41. The highest BCUT2D eigenvalue weighted by Crippen LogP contribution is 2.37. The molecule has 1 aromatic carbocycles. The first kappa shape index (κ1) is 14.1. The first-order chi connectivity index (χ1) is 10.1. The Balaban J connectivity index is 1.90. The number of hydrogen-bond acceptors (Lipinski definition) is 3. The van der Waals surface area contributed by atoms with Crippen LogP contribution in [0.15, 0.2) is 30.5 Å². The van der Waals surface area contributed by atoms with Crippen LogP contribution in [0, 0.1) is 5.92 Å². The van der Waals surface area contributed by atoms with Gasteiger partial charge in [0.15, 0.2) is 5.75 Å². The van der Waals surface area contributed by atoms with Crippen molar-refractivity contribution in [1.82, 2.24) is 9.78 Å². The van der Waals surface area contributed by atoms with E-state index in [1.807, 2.05) is 4.68 Å². The van der Waals surface area contributed by atoms with E-state index in [1.54, 1.807) is 13.3 Å². The lowest BCUT2D eigenvalue weighted by atomic mass is 9.94. The topological polar surface area (TPSA) is 53.1 Å². The van der Waals surface area contributed by atoms with E-state index in [1.165, 1.54) is 11.1 Å². The summed E-state index contributed by atoms with van der Waals surface area (Å²) in [6, 6.07) is 8.84. The molecule has 0 bridgehead atoms. The molecular weight excluding hydrogens is 262 g/mol. The molecule has 3 rings (SSSR count). The van der Waals surface area contributed by atoms with Crippen molar-refractivity contribution >= 4 is 0 Å². The molecule has 1 aliphatic carbocycles. The van der Waals surface area contributed by atoms with Gasteiger partial charge < -0.3 is 10.5 Å². The highest BCUT2D eigenvalue weighted by molar-refractivity contribution is 5.35. The lowest BCUT2D eigenvalue weighted by Crippen LogP contribution is -2.26. The number of rotatable bonds is 4. The number of aromatic nitrogens is 2. The lowest BCUT2D eigenvalue weighted by Gasteiger charge is -2.22. The second-order valence-electron chi connectivity index (χ2n) is 6.10. The van der Waals surface area contributed by atoms with Gasteiger partial charge in [-0.3, -0.25) is 4.68 Å². The second kappa shape index (κ2) is 5.53. The van der Waals surface area contributed by atoms with Crippen LogP contribution in [0.4, 0.5) is 0 Å². The van der Waals surface area contributed by atoms with Crippen molar-refractivity contribution in [2.45, 2.75) is 38.8 Å². The van der Waals surface area contributed by atoms with E-state index < -0.39 is 0 Å². The number of fused-ring (bicyclic) bond motifs is 1. The van der Waals surface area contributed by atoms with Crippen LogP contribution in [0.3, 0.4) is 0 Å². The van der Waals surface area contributed by atoms with Gasteiger partial charge in [0.05, 0.1) is 25.0 Å². The lowest BCUT2D eigenvalue weighted by molar-refractivity contribution is 0.365. The molecule has 0 saturated heterocycles. The van der Waals surface area contributed by atoms with Crippen LogP contribution in [0.5, 0.6) is 5.75 Å². The summed E-state index contributed by atoms with van der Waals surface area (Å²) in [5.41, 5.74) is 10.5. The Kier molecular flexibility index (Phi) is 3.72. The van der Waals surface area contributed by atoms with E-state index in [0.29, 0.717) is 5.92 Å². The van der Waals surface area contributed by atoms with E-state index in [2.05, 4.69) is 43.2 Å². The zero-order chi connectivity index (χ0) is 15.0. The molecule has 0 spiro atoms. The van der Waals surface area contributed by atoms with Gasteiger partial charge >= 0.3 is 0 Å². The minimum Gasteiger partial charge on any atom is -0.493 e. The summed E-state index contributed by atoms with van der Waals surface area (Å²) in [5, 5.41) is 4.44. The zero-order valence-corrected chi connectivity index (χ0v) is 12.9. The molecule has 0 saturated carbocycles. The molecule has 1 heterocycles. The van der Waals surface area contributed by atoms with Crippen molar-refractivity contribution in [2.75, 3.05) is 7.11 Å². The summed E-state index contributed by atoms with van der Waals surface area (Å²) >= 11 is 0. The summed E-state index contributed by atoms with van der Waals surface area (Å²) in [6.07, 6.45) is 3.84. The predicted octanol–water partition coefficient (Wildman–Crippen LogP) is 2.89. The van der Waals surface area contributed by atoms with Gasteiger partial charge in [0, 0.05) is 6.04 Å². The van der Waals surface area contributed by atoms with Crippen molar-refractivity contribution in [3.63, 3.8) is 0 Å². The molecule has 4 nitrogen and oxygen atoms in total. The van der Waals surface area contributed by atoms with Gasteiger partial charge in [-0.05, 0) is 43.7 Å². The van der Waals surface area contributed by atoms with Crippen molar-refractivity contribution < 1.29 is 4.74 Å². The molecule has 1 aliphatic rings. The quantitative estimate of drug-likeness (QED) is 0.939. The van der Waals surface area contributed by atoms with Crippen molar-refractivity contribution in [3.8, 4) is 5.75 Å². The molecule has 0 radical (unpaired) electrons. The van der Waals surface area contributed by atoms with Crippen molar-refractivity contribution in [2.24, 2.45) is 11.7 Å². The standard InChI is InChI=1S/C17H23N3O/c1-11(2)20-17(15(21-3)10-19-20)16(18)14-8-12-6-4-5-7-13(12)9-14/h4-7,10-11,14,16H,8-9,18H2,1-3H3. The third kappa shape index (κ3) is 2.44. The maximum atomic E-state index is 6.60. The molecule has 2 N–H and O–H groups in total. The summed E-state index contributed by atoms with van der Waals surface area (Å²) in [5.74, 6) is 1.21. The minimum atomic E-state index is -0.0581. The van der Waals surface area contributed by atoms with E-state index in [9.17, 15) is 0 Å². The monoisotopic (exact) mass is 285 g/mol. The van der Waals surface area contributed by atoms with Gasteiger partial charge in [0.1, 0.15) is 0 Å². The van der Waals surface area contributed by atoms with Gasteiger partial charge in [-0.25, -0.2) is 0 Å². The smallest absolute Gasteiger partial charge is 0.161 e. The normalized spacial score (nSPS) is 16.2. The Hall–Kier alpha value is -1.81. The Bertz CT molecular complexity index is 608. The molecule has 1 atom stereocenters. The zero-order valence-electron chi connectivity index (χ0n) is 12.9. The van der Waals surface area contributed by atoms with Crippen LogP contribution in [0.2, 0.25) is 0 Å². The average Bonchev–Trinajstić information content (AvgIpc) is 3.09. The SMILES string of the molecule is COc1cnn(C(C)C)c1C(N)C1Cc2ccccc2C1. The van der Waals surface area contributed by atoms with Crippen LogP contribution in [0.25, 0.3) is 0 Å². The summed E-state index contributed by atoms with van der Waals surface area (Å²) in [7, 11) is 1.68. The fourth-order valence-electron chi connectivity index (χ4n) is 3.31. The fraction of sp³-hybridized carbons (Fsp3) is 0.471. The predicted molar refractivity (Wildman–Crippen MR) is 83.4 cm³/mol. The average molecular weight is 285 g/mol. The second-order valence-corrected chi connectivity index (χ2v) is 6.10. The molecule has 4 heteroatoms. The van der Waals surface area contributed by atoms with Crippen molar-refractivity contribution in [3.05, 3.63) is 47.3 Å². The number of benzene rings is 1. The first-order valence-electron chi connectivity index (χ1n) is 7.55. The minimum absolute atomic E-state index is 0.0581. The summed E-state index contributed by atoms with van der Waals surface area (Å²) in [4.78, 5) is 0. The Labute approximate surface area is 125 Å². The van der Waals surface area contributed by atoms with Crippen LogP contribution < -0.4 is 10.5 Å². The molecule has 0 amide bonds. The van der Waals surface area contributed by atoms with Gasteiger partial charge in [0.2, 0.25) is 0 Å². The van der Waals surface area contributed by atoms with Crippen LogP contribution in [-0.4, -0.2) is 16.9 Å². The Morgan fingerprint density at radius 3 is 2.38 bits per heavy atom. The highest BCUT2D eigenvalue weighted by Gasteiger charge is 2.31. The molecule has 1 aromatic heterocycles. The van der Waals surface area contributed by atoms with Gasteiger partial charge in [-0.1, -0.05) is 24.3 Å². The molecule has 112 valence electrons. The van der Waals surface area contributed by atoms with E-state index >= 15 is 0 Å². The maximum absolute atomic E-state index is 6.60. The molecule has 0 fully saturated rings. The maximum Gasteiger partial charge on any atom is 0.161 e. The van der Waals surface area contributed by atoms with Gasteiger partial charge in [0.25, 0.3) is 0 Å². The fourth-order valence-corrected chi connectivity index (χ4v) is 3.31. The Morgan fingerprint density at radius 2 is 1.86 bits per heavy atom. The van der Waals surface area contributed by atoms with Crippen molar-refractivity contribution in [1.29, 1.82) is 0 Å². The third-order valence-electron chi connectivity index (χ3n) is 4.41. The molecule has 0 aliphatic heterocycles. The van der Waals surface area contributed by atoms with E-state index in [4.69, 9.17) is 10.5 Å². The number of methoxy groups -OCH3 is 1. The van der Waals surface area contributed by atoms with E-state index in [-0.39, 0.29) is 12.1 Å². The summed E-state index contributed by atoms with van der Waals surface area (Å²) < 4.78 is 7.46. The highest BCUT2D eigenvalue weighted by atomic mass is 16.5. The number of hydrogen-bond donors (Lipinski definition) is 1. The molecule has 1 unspecified atom stereocenters. The first-order valence-corrected chi connectivity index (χ1v) is 7.55. The molecule has 2 aromatic rings. The van der Waals surface area contributed by atoms with Crippen LogP contribution in [0.1, 0.15) is 42.8 Å². The summed E-state index contributed by atoms with van der Waals surface area (Å²) in [6.45, 7) is 4.23. The van der Waals surface area contributed by atoms with Gasteiger partial charge in [-0.15, -0.1) is 0 Å². The number of nitrogens with zero attached hydrogens (tertiary/aromatic N) is 2. The van der Waals surface area contributed by atoms with Crippen LogP contribution in [-0.2, 0) is 12.8 Å². The van der Waals surface area contributed by atoms with Crippen LogP contribution >= 0.6 is 0 Å². The van der Waals surface area contributed by atoms with Gasteiger partial charge in [-0.2, -0.15) is 5.10 Å². The number of ether oxygens (including phenoxy) is 1. The van der Waals surface area contributed by atoms with E-state index in [0.717, 1.165) is 24.3 Å². The molecular formula is C17H23N3O.